The molecule has 0 aliphatic heterocycles. The van der Waals surface area contributed by atoms with Crippen molar-refractivity contribution >= 4 is 11.9 Å². The van der Waals surface area contributed by atoms with Crippen LogP contribution in [0.15, 0.2) is 24.5 Å². The molecule has 19 heavy (non-hydrogen) atoms. The highest BCUT2D eigenvalue weighted by Gasteiger charge is 2.22. The van der Waals surface area contributed by atoms with Gasteiger partial charge in [0.05, 0.1) is 19.6 Å². The first-order chi connectivity index (χ1) is 9.10. The number of aliphatic hydroxyl groups excluding tert-OH is 1. The molecular formula is C13H18N2O4. The number of pyridine rings is 1. The van der Waals surface area contributed by atoms with Crippen molar-refractivity contribution in [2.45, 2.75) is 6.92 Å². The van der Waals surface area contributed by atoms with Crippen LogP contribution in [0.4, 0.5) is 0 Å². The zero-order valence-corrected chi connectivity index (χ0v) is 11.1. The molecule has 0 bridgehead atoms. The lowest BCUT2D eigenvalue weighted by molar-refractivity contribution is -0.145. The molecule has 0 saturated heterocycles. The Morgan fingerprint density at radius 1 is 1.42 bits per heavy atom. The van der Waals surface area contributed by atoms with Gasteiger partial charge in [0.2, 0.25) is 0 Å². The molecule has 1 aromatic heterocycles. The van der Waals surface area contributed by atoms with E-state index in [1.807, 2.05) is 0 Å². The first-order valence-corrected chi connectivity index (χ1v) is 5.98. The fourth-order valence-corrected chi connectivity index (χ4v) is 1.68. The molecular weight excluding hydrogens is 248 g/mol. The second kappa shape index (κ2) is 7.48. The number of rotatable bonds is 6. The van der Waals surface area contributed by atoms with E-state index in [9.17, 15) is 9.59 Å². The van der Waals surface area contributed by atoms with E-state index in [4.69, 9.17) is 5.11 Å². The van der Waals surface area contributed by atoms with Crippen LogP contribution in [0.3, 0.4) is 0 Å². The molecule has 1 aromatic rings. The Morgan fingerprint density at radius 3 is 2.58 bits per heavy atom. The molecule has 1 amide bonds. The van der Waals surface area contributed by atoms with E-state index in [1.165, 1.54) is 24.4 Å². The molecule has 0 aliphatic carbocycles. The topological polar surface area (TPSA) is 79.7 Å². The molecule has 1 heterocycles. The number of hydrogen-bond donors (Lipinski definition) is 1. The third kappa shape index (κ3) is 4.33. The Labute approximate surface area is 112 Å². The molecule has 6 heteroatoms. The standard InChI is InChI=1S/C13H18N2O4/c1-10(13(18)19-2)9-15(7-8-16)12(17)11-3-5-14-6-4-11/h3-6,10,16H,7-9H2,1-2H3. The number of aromatic nitrogens is 1. The Morgan fingerprint density at radius 2 is 2.05 bits per heavy atom. The number of carbonyl (C=O) groups excluding carboxylic acids is 2. The predicted molar refractivity (Wildman–Crippen MR) is 68.4 cm³/mol. The van der Waals surface area contributed by atoms with Gasteiger partial charge in [-0.25, -0.2) is 0 Å². The number of nitrogens with zero attached hydrogens (tertiary/aromatic N) is 2. The number of aliphatic hydroxyl groups is 1. The summed E-state index contributed by atoms with van der Waals surface area (Å²) in [5, 5.41) is 9.02. The van der Waals surface area contributed by atoms with Crippen LogP contribution in [0.2, 0.25) is 0 Å². The minimum Gasteiger partial charge on any atom is -0.469 e. The highest BCUT2D eigenvalue weighted by Crippen LogP contribution is 2.08. The van der Waals surface area contributed by atoms with Gasteiger partial charge in [0, 0.05) is 31.0 Å². The zero-order valence-electron chi connectivity index (χ0n) is 11.1. The molecule has 1 atom stereocenters. The summed E-state index contributed by atoms with van der Waals surface area (Å²) in [5.74, 6) is -1.07. The Hall–Kier alpha value is -1.95. The van der Waals surface area contributed by atoms with Gasteiger partial charge in [-0.3, -0.25) is 14.6 Å². The summed E-state index contributed by atoms with van der Waals surface area (Å²) in [6.07, 6.45) is 3.04. The van der Waals surface area contributed by atoms with Gasteiger partial charge in [-0.15, -0.1) is 0 Å². The lowest BCUT2D eigenvalue weighted by Gasteiger charge is -2.24. The summed E-state index contributed by atoms with van der Waals surface area (Å²) in [4.78, 5) is 28.9. The summed E-state index contributed by atoms with van der Waals surface area (Å²) < 4.78 is 4.63. The summed E-state index contributed by atoms with van der Waals surface area (Å²) >= 11 is 0. The number of hydrogen-bond acceptors (Lipinski definition) is 5. The number of amides is 1. The fourth-order valence-electron chi connectivity index (χ4n) is 1.68. The maximum atomic E-state index is 12.2. The third-order valence-corrected chi connectivity index (χ3v) is 2.68. The number of carbonyl (C=O) groups is 2. The Balaban J connectivity index is 2.77. The van der Waals surface area contributed by atoms with E-state index in [0.717, 1.165) is 0 Å². The molecule has 0 aliphatic rings. The summed E-state index contributed by atoms with van der Waals surface area (Å²) in [7, 11) is 1.31. The van der Waals surface area contributed by atoms with Crippen LogP contribution in [-0.2, 0) is 9.53 Å². The average molecular weight is 266 g/mol. The van der Waals surface area contributed by atoms with Crippen LogP contribution < -0.4 is 0 Å². The largest absolute Gasteiger partial charge is 0.469 e. The second-order valence-corrected chi connectivity index (χ2v) is 4.13. The van der Waals surface area contributed by atoms with Gasteiger partial charge < -0.3 is 14.7 Å². The van der Waals surface area contributed by atoms with Gasteiger partial charge in [0.25, 0.3) is 5.91 Å². The van der Waals surface area contributed by atoms with Crippen molar-refractivity contribution in [3.05, 3.63) is 30.1 Å². The van der Waals surface area contributed by atoms with Gasteiger partial charge in [-0.1, -0.05) is 6.92 Å². The van der Waals surface area contributed by atoms with E-state index in [0.29, 0.717) is 5.56 Å². The molecule has 1 N–H and O–H groups in total. The summed E-state index contributed by atoms with van der Waals surface area (Å²) in [5.41, 5.74) is 0.473. The zero-order chi connectivity index (χ0) is 14.3. The quantitative estimate of drug-likeness (QED) is 0.750. The monoisotopic (exact) mass is 266 g/mol. The smallest absolute Gasteiger partial charge is 0.310 e. The predicted octanol–water partition coefficient (Wildman–Crippen LogP) is 0.325. The highest BCUT2D eigenvalue weighted by molar-refractivity contribution is 5.94. The van der Waals surface area contributed by atoms with E-state index in [1.54, 1.807) is 19.1 Å². The minimum atomic E-state index is -0.442. The van der Waals surface area contributed by atoms with Crippen LogP contribution in [0.25, 0.3) is 0 Å². The molecule has 104 valence electrons. The molecule has 1 unspecified atom stereocenters. The van der Waals surface area contributed by atoms with Crippen molar-refractivity contribution in [2.75, 3.05) is 26.8 Å². The number of ether oxygens (including phenoxy) is 1. The lowest BCUT2D eigenvalue weighted by Crippen LogP contribution is -2.39. The van der Waals surface area contributed by atoms with Crippen LogP contribution >= 0.6 is 0 Å². The molecule has 0 aromatic carbocycles. The van der Waals surface area contributed by atoms with Crippen LogP contribution in [0, 0.1) is 5.92 Å². The van der Waals surface area contributed by atoms with Crippen molar-refractivity contribution in [3.63, 3.8) is 0 Å². The average Bonchev–Trinajstić information content (AvgIpc) is 2.45. The molecule has 0 spiro atoms. The maximum absolute atomic E-state index is 12.2. The lowest BCUT2D eigenvalue weighted by atomic mass is 10.1. The van der Waals surface area contributed by atoms with Crippen LogP contribution in [0.5, 0.6) is 0 Å². The number of methoxy groups -OCH3 is 1. The first-order valence-electron chi connectivity index (χ1n) is 5.98. The molecule has 1 rings (SSSR count). The second-order valence-electron chi connectivity index (χ2n) is 4.13. The minimum absolute atomic E-state index is 0.162. The highest BCUT2D eigenvalue weighted by atomic mass is 16.5. The van der Waals surface area contributed by atoms with Crippen LogP contribution in [0.1, 0.15) is 17.3 Å². The van der Waals surface area contributed by atoms with Crippen molar-refractivity contribution in [1.82, 2.24) is 9.88 Å². The van der Waals surface area contributed by atoms with Crippen molar-refractivity contribution in [3.8, 4) is 0 Å². The van der Waals surface area contributed by atoms with Gasteiger partial charge in [0.15, 0.2) is 0 Å². The SMILES string of the molecule is COC(=O)C(C)CN(CCO)C(=O)c1ccncc1. The van der Waals surface area contributed by atoms with E-state index in [2.05, 4.69) is 9.72 Å². The normalized spacial score (nSPS) is 11.7. The summed E-state index contributed by atoms with van der Waals surface area (Å²) in [6.45, 7) is 1.89. The van der Waals surface area contributed by atoms with Crippen LogP contribution in [-0.4, -0.2) is 53.7 Å². The molecule has 0 fully saturated rings. The van der Waals surface area contributed by atoms with Crippen molar-refractivity contribution in [1.29, 1.82) is 0 Å². The van der Waals surface area contributed by atoms with E-state index >= 15 is 0 Å². The van der Waals surface area contributed by atoms with Gasteiger partial charge in [-0.05, 0) is 12.1 Å². The molecule has 6 nitrogen and oxygen atoms in total. The van der Waals surface area contributed by atoms with Gasteiger partial charge in [0.1, 0.15) is 0 Å². The first kappa shape index (κ1) is 15.1. The Bertz CT molecular complexity index is 422. The molecule has 0 saturated carbocycles. The van der Waals surface area contributed by atoms with Crippen molar-refractivity contribution < 1.29 is 19.4 Å². The van der Waals surface area contributed by atoms with Crippen molar-refractivity contribution in [2.24, 2.45) is 5.92 Å². The Kier molecular flexibility index (Phi) is 5.95. The third-order valence-electron chi connectivity index (χ3n) is 2.68. The number of esters is 1. The fraction of sp³-hybridized carbons (Fsp3) is 0.462. The summed E-state index contributed by atoms with van der Waals surface area (Å²) in [6, 6.07) is 3.19. The van der Waals surface area contributed by atoms with E-state index < -0.39 is 5.92 Å². The van der Waals surface area contributed by atoms with Gasteiger partial charge >= 0.3 is 5.97 Å². The maximum Gasteiger partial charge on any atom is 0.310 e. The van der Waals surface area contributed by atoms with Gasteiger partial charge in [-0.2, -0.15) is 0 Å². The van der Waals surface area contributed by atoms with E-state index in [-0.39, 0.29) is 31.6 Å². The molecule has 0 radical (unpaired) electrons.